The van der Waals surface area contributed by atoms with Gasteiger partial charge in [-0.1, -0.05) is 35.5 Å². The first-order valence-corrected chi connectivity index (χ1v) is 6.54. The monoisotopic (exact) mass is 273 g/mol. The number of hydrogen-bond acceptors (Lipinski definition) is 4. The second-order valence-electron chi connectivity index (χ2n) is 4.90. The number of carbonyl (C=O) groups excluding carboxylic acids is 1. The Labute approximate surface area is 118 Å². The van der Waals surface area contributed by atoms with Crippen molar-refractivity contribution in [2.75, 3.05) is 12.4 Å². The number of rotatable bonds is 5. The second-order valence-corrected chi connectivity index (χ2v) is 4.90. The molecule has 1 unspecified atom stereocenters. The average molecular weight is 273 g/mol. The number of aryl methyl sites for hydroxylation is 1. The van der Waals surface area contributed by atoms with E-state index in [-0.39, 0.29) is 11.9 Å². The van der Waals surface area contributed by atoms with Crippen molar-refractivity contribution in [2.24, 2.45) is 0 Å². The van der Waals surface area contributed by atoms with Gasteiger partial charge in [-0.3, -0.25) is 15.0 Å². The Kier molecular flexibility index (Phi) is 4.53. The van der Waals surface area contributed by atoms with Gasteiger partial charge in [0.25, 0.3) is 0 Å². The van der Waals surface area contributed by atoms with Crippen molar-refractivity contribution in [3.8, 4) is 0 Å². The van der Waals surface area contributed by atoms with Crippen LogP contribution in [0.5, 0.6) is 0 Å². The van der Waals surface area contributed by atoms with E-state index in [1.165, 1.54) is 5.56 Å². The van der Waals surface area contributed by atoms with Crippen molar-refractivity contribution in [2.45, 2.75) is 26.4 Å². The summed E-state index contributed by atoms with van der Waals surface area (Å²) in [7, 11) is 1.92. The van der Waals surface area contributed by atoms with Crippen LogP contribution in [0.2, 0.25) is 0 Å². The van der Waals surface area contributed by atoms with Crippen LogP contribution in [-0.4, -0.2) is 29.1 Å². The minimum atomic E-state index is -0.263. The summed E-state index contributed by atoms with van der Waals surface area (Å²) >= 11 is 0. The number of likely N-dealkylation sites (N-methyl/N-ethyl adjacent to an activating group) is 1. The molecule has 1 N–H and O–H groups in total. The van der Waals surface area contributed by atoms with E-state index in [2.05, 4.69) is 10.5 Å². The summed E-state index contributed by atoms with van der Waals surface area (Å²) in [4.78, 5) is 14.1. The van der Waals surface area contributed by atoms with Crippen LogP contribution in [0.15, 0.2) is 40.9 Å². The number of benzene rings is 1. The van der Waals surface area contributed by atoms with E-state index >= 15 is 0 Å². The molecule has 0 saturated heterocycles. The smallest absolute Gasteiger partial charge is 0.243 e. The average Bonchev–Trinajstić information content (AvgIpc) is 2.84. The van der Waals surface area contributed by atoms with Crippen molar-refractivity contribution in [1.29, 1.82) is 0 Å². The fourth-order valence-electron chi connectivity index (χ4n) is 1.86. The van der Waals surface area contributed by atoms with Crippen molar-refractivity contribution < 1.29 is 9.32 Å². The third-order valence-corrected chi connectivity index (χ3v) is 3.19. The van der Waals surface area contributed by atoms with E-state index in [4.69, 9.17) is 4.52 Å². The van der Waals surface area contributed by atoms with Crippen molar-refractivity contribution in [1.82, 2.24) is 10.1 Å². The highest BCUT2D eigenvalue weighted by atomic mass is 16.5. The molecule has 0 fully saturated rings. The summed E-state index contributed by atoms with van der Waals surface area (Å²) in [5, 5.41) is 6.46. The van der Waals surface area contributed by atoms with Gasteiger partial charge in [0.1, 0.15) is 0 Å². The molecular weight excluding hydrogens is 254 g/mol. The van der Waals surface area contributed by atoms with Crippen LogP contribution in [0, 0.1) is 6.92 Å². The fourth-order valence-corrected chi connectivity index (χ4v) is 1.86. The van der Waals surface area contributed by atoms with Gasteiger partial charge in [-0.05, 0) is 26.5 Å². The maximum absolute atomic E-state index is 12.1. The Bertz CT molecular complexity index is 566. The first-order valence-electron chi connectivity index (χ1n) is 6.54. The maximum atomic E-state index is 12.1. The highest BCUT2D eigenvalue weighted by molar-refractivity contribution is 5.93. The normalized spacial score (nSPS) is 12.4. The molecule has 0 radical (unpaired) electrons. The van der Waals surface area contributed by atoms with Gasteiger partial charge in [0.15, 0.2) is 0 Å². The first-order chi connectivity index (χ1) is 9.56. The lowest BCUT2D eigenvalue weighted by Gasteiger charge is -2.23. The molecular formula is C15H19N3O2. The Morgan fingerprint density at radius 3 is 2.70 bits per heavy atom. The van der Waals surface area contributed by atoms with Gasteiger partial charge in [0.05, 0.1) is 11.7 Å². The third-order valence-electron chi connectivity index (χ3n) is 3.19. The fraction of sp³-hybridized carbons (Fsp3) is 0.333. The Morgan fingerprint density at radius 2 is 2.10 bits per heavy atom. The summed E-state index contributed by atoms with van der Waals surface area (Å²) in [5.41, 5.74) is 1.91. The van der Waals surface area contributed by atoms with E-state index in [0.717, 1.165) is 5.69 Å². The first kappa shape index (κ1) is 14.3. The molecule has 20 heavy (non-hydrogen) atoms. The highest BCUT2D eigenvalue weighted by Gasteiger charge is 2.19. The molecule has 1 aromatic carbocycles. The van der Waals surface area contributed by atoms with Crippen LogP contribution >= 0.6 is 0 Å². The van der Waals surface area contributed by atoms with Crippen molar-refractivity contribution >= 4 is 11.8 Å². The van der Waals surface area contributed by atoms with Crippen LogP contribution in [0.4, 0.5) is 5.88 Å². The van der Waals surface area contributed by atoms with Crippen LogP contribution in [-0.2, 0) is 11.3 Å². The summed E-state index contributed by atoms with van der Waals surface area (Å²) in [5.74, 6) is 0.270. The number of amides is 1. The van der Waals surface area contributed by atoms with E-state index in [1.807, 2.05) is 56.1 Å². The highest BCUT2D eigenvalue weighted by Crippen LogP contribution is 2.11. The Balaban J connectivity index is 1.92. The molecule has 0 aliphatic carbocycles. The number of nitrogens with zero attached hydrogens (tertiary/aromatic N) is 2. The lowest BCUT2D eigenvalue weighted by molar-refractivity contribution is -0.120. The zero-order chi connectivity index (χ0) is 14.5. The predicted molar refractivity (Wildman–Crippen MR) is 77.2 cm³/mol. The predicted octanol–water partition coefficient (Wildman–Crippen LogP) is 2.44. The Morgan fingerprint density at radius 1 is 1.40 bits per heavy atom. The molecule has 0 saturated carbocycles. The van der Waals surface area contributed by atoms with Crippen LogP contribution in [0.1, 0.15) is 18.2 Å². The lowest BCUT2D eigenvalue weighted by atomic mass is 10.2. The molecule has 1 amide bonds. The number of aromatic nitrogens is 1. The summed E-state index contributed by atoms with van der Waals surface area (Å²) < 4.78 is 4.98. The Hall–Kier alpha value is -2.14. The van der Waals surface area contributed by atoms with Gasteiger partial charge < -0.3 is 4.52 Å². The molecule has 0 spiro atoms. The topological polar surface area (TPSA) is 58.4 Å². The van der Waals surface area contributed by atoms with E-state index < -0.39 is 0 Å². The van der Waals surface area contributed by atoms with Crippen molar-refractivity contribution in [3.63, 3.8) is 0 Å². The molecule has 0 aliphatic rings. The number of anilines is 1. The molecule has 1 atom stereocenters. The quantitative estimate of drug-likeness (QED) is 0.909. The van der Waals surface area contributed by atoms with Crippen LogP contribution in [0.3, 0.4) is 0 Å². The SMILES string of the molecule is Cc1cc(NC(=O)C(C)N(C)Cc2ccccc2)on1. The van der Waals surface area contributed by atoms with Crippen LogP contribution in [0.25, 0.3) is 0 Å². The van der Waals surface area contributed by atoms with E-state index in [0.29, 0.717) is 12.4 Å². The second kappa shape index (κ2) is 6.34. The van der Waals surface area contributed by atoms with Crippen molar-refractivity contribution in [3.05, 3.63) is 47.7 Å². The van der Waals surface area contributed by atoms with E-state index in [9.17, 15) is 4.79 Å². The largest absolute Gasteiger partial charge is 0.338 e. The summed E-state index contributed by atoms with van der Waals surface area (Å²) in [6.07, 6.45) is 0. The minimum absolute atomic E-state index is 0.111. The van der Waals surface area contributed by atoms with Crippen LogP contribution < -0.4 is 5.32 Å². The standard InChI is InChI=1S/C15H19N3O2/c1-11-9-14(20-17-11)16-15(19)12(2)18(3)10-13-7-5-4-6-8-13/h4-9,12H,10H2,1-3H3,(H,16,19). The maximum Gasteiger partial charge on any atom is 0.243 e. The third kappa shape index (κ3) is 3.68. The van der Waals surface area contributed by atoms with Gasteiger partial charge in [-0.15, -0.1) is 0 Å². The molecule has 106 valence electrons. The zero-order valence-corrected chi connectivity index (χ0v) is 12.0. The van der Waals surface area contributed by atoms with Gasteiger partial charge >= 0.3 is 0 Å². The molecule has 0 aliphatic heterocycles. The summed E-state index contributed by atoms with van der Waals surface area (Å²) in [6.45, 7) is 4.39. The van der Waals surface area contributed by atoms with Gasteiger partial charge in [0.2, 0.25) is 11.8 Å². The van der Waals surface area contributed by atoms with E-state index in [1.54, 1.807) is 6.07 Å². The lowest BCUT2D eigenvalue weighted by Crippen LogP contribution is -2.39. The molecule has 5 heteroatoms. The van der Waals surface area contributed by atoms with Gasteiger partial charge in [-0.25, -0.2) is 0 Å². The molecule has 0 bridgehead atoms. The zero-order valence-electron chi connectivity index (χ0n) is 12.0. The minimum Gasteiger partial charge on any atom is -0.338 e. The number of hydrogen-bond donors (Lipinski definition) is 1. The molecule has 1 aromatic heterocycles. The number of nitrogens with one attached hydrogen (secondary N) is 1. The van der Waals surface area contributed by atoms with Gasteiger partial charge in [0, 0.05) is 12.6 Å². The molecule has 1 heterocycles. The summed E-state index contributed by atoms with van der Waals surface area (Å²) in [6, 6.07) is 11.5. The molecule has 2 rings (SSSR count). The molecule has 5 nitrogen and oxygen atoms in total. The molecule has 2 aromatic rings. The number of carbonyl (C=O) groups is 1. The van der Waals surface area contributed by atoms with Gasteiger partial charge in [-0.2, -0.15) is 0 Å².